The highest BCUT2D eigenvalue weighted by atomic mass is 19.4. The number of hydrogen-bond acceptors (Lipinski definition) is 3. The first-order valence-electron chi connectivity index (χ1n) is 7.46. The van der Waals surface area contributed by atoms with Crippen LogP contribution >= 0.6 is 0 Å². The number of alkyl halides is 3. The molecular formula is C17H12F3N5. The average molecular weight is 343 g/mol. The van der Waals surface area contributed by atoms with Crippen LogP contribution in [0.25, 0.3) is 11.0 Å². The molecule has 8 heteroatoms. The van der Waals surface area contributed by atoms with Crippen LogP contribution in [0.1, 0.15) is 23.0 Å². The molecule has 1 atom stereocenters. The Morgan fingerprint density at radius 2 is 1.92 bits per heavy atom. The van der Waals surface area contributed by atoms with E-state index in [1.165, 1.54) is 0 Å². The first-order valence-corrected chi connectivity index (χ1v) is 7.46. The van der Waals surface area contributed by atoms with E-state index < -0.39 is 12.0 Å². The lowest BCUT2D eigenvalue weighted by molar-refractivity contribution is -0.144. The van der Waals surface area contributed by atoms with E-state index in [0.717, 1.165) is 11.1 Å². The van der Waals surface area contributed by atoms with Gasteiger partial charge in [-0.05, 0) is 29.3 Å². The third kappa shape index (κ3) is 2.86. The van der Waals surface area contributed by atoms with E-state index in [-0.39, 0.29) is 11.6 Å². The van der Waals surface area contributed by atoms with Gasteiger partial charge in [-0.2, -0.15) is 13.2 Å². The predicted molar refractivity (Wildman–Crippen MR) is 84.8 cm³/mol. The molecule has 0 aliphatic carbocycles. The number of nitrogens with zero attached hydrogens (tertiary/aromatic N) is 4. The predicted octanol–water partition coefficient (Wildman–Crippen LogP) is 3.81. The smallest absolute Gasteiger partial charge is 0.334 e. The molecule has 0 amide bonds. The van der Waals surface area contributed by atoms with Crippen LogP contribution in [0.15, 0.2) is 61.4 Å². The molecule has 0 radical (unpaired) electrons. The highest BCUT2D eigenvalue weighted by Crippen LogP contribution is 2.31. The fraction of sp³-hybridized carbons (Fsp3) is 0.118. The fourth-order valence-electron chi connectivity index (χ4n) is 2.82. The van der Waals surface area contributed by atoms with Gasteiger partial charge in [0.05, 0.1) is 23.4 Å². The van der Waals surface area contributed by atoms with Gasteiger partial charge in [-0.15, -0.1) is 0 Å². The molecule has 4 rings (SSSR count). The summed E-state index contributed by atoms with van der Waals surface area (Å²) in [7, 11) is 0. The number of pyridine rings is 1. The normalized spacial score (nSPS) is 13.2. The number of halogens is 3. The van der Waals surface area contributed by atoms with Crippen LogP contribution < -0.4 is 0 Å². The van der Waals surface area contributed by atoms with Gasteiger partial charge in [0, 0.05) is 24.8 Å². The number of fused-ring (bicyclic) bond motifs is 1. The van der Waals surface area contributed by atoms with Crippen LogP contribution in [0.5, 0.6) is 0 Å². The summed E-state index contributed by atoms with van der Waals surface area (Å²) in [6.45, 7) is 0. The van der Waals surface area contributed by atoms with Crippen molar-refractivity contribution < 1.29 is 13.2 Å². The lowest BCUT2D eigenvalue weighted by Gasteiger charge is -2.19. The summed E-state index contributed by atoms with van der Waals surface area (Å²) in [5, 5.41) is 0. The minimum absolute atomic E-state index is 0.258. The number of imidazole rings is 2. The maximum atomic E-state index is 12.9. The second-order valence-electron chi connectivity index (χ2n) is 5.56. The van der Waals surface area contributed by atoms with Crippen LogP contribution in [0.4, 0.5) is 13.2 Å². The Bertz CT molecular complexity index is 990. The highest BCUT2D eigenvalue weighted by Gasteiger charge is 2.34. The Morgan fingerprint density at radius 1 is 1.04 bits per heavy atom. The summed E-state index contributed by atoms with van der Waals surface area (Å²) in [4.78, 5) is 14.2. The second-order valence-corrected chi connectivity index (χ2v) is 5.56. The van der Waals surface area contributed by atoms with Gasteiger partial charge >= 0.3 is 6.18 Å². The van der Waals surface area contributed by atoms with Gasteiger partial charge < -0.3 is 9.55 Å². The van der Waals surface area contributed by atoms with E-state index in [4.69, 9.17) is 0 Å². The molecule has 126 valence electrons. The molecule has 25 heavy (non-hydrogen) atoms. The van der Waals surface area contributed by atoms with E-state index >= 15 is 0 Å². The molecule has 3 aromatic heterocycles. The zero-order chi connectivity index (χ0) is 17.4. The number of aromatic amines is 1. The Hall–Kier alpha value is -3.16. The maximum Gasteiger partial charge on any atom is 0.449 e. The van der Waals surface area contributed by atoms with Gasteiger partial charge in [-0.3, -0.25) is 4.98 Å². The first kappa shape index (κ1) is 15.4. The minimum atomic E-state index is -4.51. The Morgan fingerprint density at radius 3 is 2.60 bits per heavy atom. The topological polar surface area (TPSA) is 59.4 Å². The number of nitrogens with one attached hydrogen (secondary N) is 1. The zero-order valence-electron chi connectivity index (χ0n) is 12.8. The van der Waals surface area contributed by atoms with Gasteiger partial charge in [-0.25, -0.2) is 9.97 Å². The van der Waals surface area contributed by atoms with E-state index in [0.29, 0.717) is 5.52 Å². The van der Waals surface area contributed by atoms with Crippen molar-refractivity contribution in [1.82, 2.24) is 24.5 Å². The van der Waals surface area contributed by atoms with Crippen molar-refractivity contribution in [2.45, 2.75) is 12.2 Å². The minimum Gasteiger partial charge on any atom is -0.334 e. The fourth-order valence-corrected chi connectivity index (χ4v) is 2.82. The summed E-state index contributed by atoms with van der Waals surface area (Å²) in [5.41, 5.74) is 2.29. The summed E-state index contributed by atoms with van der Waals surface area (Å²) in [6.07, 6.45) is 3.99. The van der Waals surface area contributed by atoms with Crippen LogP contribution in [0.2, 0.25) is 0 Å². The van der Waals surface area contributed by atoms with Crippen molar-refractivity contribution in [2.75, 3.05) is 0 Å². The van der Waals surface area contributed by atoms with Crippen molar-refractivity contribution in [1.29, 1.82) is 0 Å². The summed E-state index contributed by atoms with van der Waals surface area (Å²) >= 11 is 0. The van der Waals surface area contributed by atoms with Crippen LogP contribution in [-0.2, 0) is 6.18 Å². The SMILES string of the molecule is FC(F)(F)c1nc2cc(C(c3cccnc3)n3ccnc3)ccc2[nH]1. The van der Waals surface area contributed by atoms with Gasteiger partial charge in [0.2, 0.25) is 5.82 Å². The lowest BCUT2D eigenvalue weighted by atomic mass is 9.99. The molecule has 0 aliphatic rings. The third-order valence-electron chi connectivity index (χ3n) is 3.91. The third-order valence-corrected chi connectivity index (χ3v) is 3.91. The quantitative estimate of drug-likeness (QED) is 0.615. The average Bonchev–Trinajstić information content (AvgIpc) is 3.25. The Kier molecular flexibility index (Phi) is 3.52. The molecule has 1 aromatic carbocycles. The standard InChI is InChI=1S/C17H12F3N5/c18-17(19,20)16-23-13-4-3-11(8-14(13)24-16)15(25-7-6-22-10-25)12-2-1-5-21-9-12/h1-10,15H,(H,23,24). The number of hydrogen-bond donors (Lipinski definition) is 1. The molecule has 1 N–H and O–H groups in total. The molecule has 0 aliphatic heterocycles. The van der Waals surface area contributed by atoms with Gasteiger partial charge in [0.1, 0.15) is 0 Å². The second kappa shape index (κ2) is 5.73. The van der Waals surface area contributed by atoms with Gasteiger partial charge in [0.15, 0.2) is 0 Å². The molecule has 0 fully saturated rings. The van der Waals surface area contributed by atoms with E-state index in [2.05, 4.69) is 19.9 Å². The van der Waals surface area contributed by atoms with Gasteiger partial charge in [-0.1, -0.05) is 12.1 Å². The van der Waals surface area contributed by atoms with Crippen molar-refractivity contribution in [2.24, 2.45) is 0 Å². The zero-order valence-corrected chi connectivity index (χ0v) is 12.8. The molecule has 4 aromatic rings. The molecule has 0 bridgehead atoms. The first-order chi connectivity index (χ1) is 12.0. The highest BCUT2D eigenvalue weighted by molar-refractivity contribution is 5.76. The molecule has 3 heterocycles. The van der Waals surface area contributed by atoms with E-state index in [9.17, 15) is 13.2 Å². The Balaban J connectivity index is 1.85. The number of rotatable bonds is 3. The van der Waals surface area contributed by atoms with Crippen molar-refractivity contribution >= 4 is 11.0 Å². The largest absolute Gasteiger partial charge is 0.449 e. The number of benzene rings is 1. The maximum absolute atomic E-state index is 12.9. The molecular weight excluding hydrogens is 331 g/mol. The van der Waals surface area contributed by atoms with Gasteiger partial charge in [0.25, 0.3) is 0 Å². The van der Waals surface area contributed by atoms with E-state index in [1.807, 2.05) is 16.7 Å². The molecule has 0 saturated heterocycles. The lowest BCUT2D eigenvalue weighted by Crippen LogP contribution is -2.10. The molecule has 1 unspecified atom stereocenters. The van der Waals surface area contributed by atoms with Crippen LogP contribution in [0, 0.1) is 0 Å². The van der Waals surface area contributed by atoms with Crippen molar-refractivity contribution in [3.63, 3.8) is 0 Å². The van der Waals surface area contributed by atoms with Crippen LogP contribution in [-0.4, -0.2) is 24.5 Å². The van der Waals surface area contributed by atoms with E-state index in [1.54, 1.807) is 49.3 Å². The Labute approximate surface area is 140 Å². The monoisotopic (exact) mass is 343 g/mol. The molecule has 0 spiro atoms. The summed E-state index contributed by atoms with van der Waals surface area (Å²) < 4.78 is 40.4. The summed E-state index contributed by atoms with van der Waals surface area (Å²) in [5.74, 6) is -1.000. The van der Waals surface area contributed by atoms with Crippen molar-refractivity contribution in [3.8, 4) is 0 Å². The molecule has 5 nitrogen and oxygen atoms in total. The van der Waals surface area contributed by atoms with Crippen LogP contribution in [0.3, 0.4) is 0 Å². The van der Waals surface area contributed by atoms with Crippen molar-refractivity contribution in [3.05, 3.63) is 78.4 Å². The molecule has 0 saturated carbocycles. The number of H-pyrrole nitrogens is 1. The summed E-state index contributed by atoms with van der Waals surface area (Å²) in [6, 6.07) is 8.50. The number of aromatic nitrogens is 5.